The van der Waals surface area contributed by atoms with E-state index in [1.807, 2.05) is 0 Å². The number of halogens is 3. The average Bonchev–Trinajstić information content (AvgIpc) is 3.15. The summed E-state index contributed by atoms with van der Waals surface area (Å²) in [6.07, 6.45) is 5.09. The number of carbonyl (C=O) groups is 2. The Balaban J connectivity index is 1.60. The van der Waals surface area contributed by atoms with Crippen molar-refractivity contribution in [2.45, 2.75) is 25.9 Å². The van der Waals surface area contributed by atoms with Crippen LogP contribution in [-0.4, -0.2) is 18.0 Å². The van der Waals surface area contributed by atoms with Gasteiger partial charge in [0.1, 0.15) is 0 Å². The molecule has 2 aliphatic carbocycles. The third kappa shape index (κ3) is 3.56. The molecule has 1 N–H and O–H groups in total. The van der Waals surface area contributed by atoms with E-state index in [1.165, 1.54) is 19.1 Å². The van der Waals surface area contributed by atoms with E-state index >= 15 is 0 Å². The molecule has 4 nitrogen and oxygen atoms in total. The van der Waals surface area contributed by atoms with Crippen LogP contribution in [0.25, 0.3) is 0 Å². The number of nitrogens with one attached hydrogen (secondary N) is 1. The molecule has 4 unspecified atom stereocenters. The van der Waals surface area contributed by atoms with E-state index in [0.29, 0.717) is 16.6 Å². The van der Waals surface area contributed by atoms with E-state index in [0.717, 1.165) is 12.8 Å². The van der Waals surface area contributed by atoms with Crippen LogP contribution in [0.4, 0.5) is 5.69 Å². The van der Waals surface area contributed by atoms with Crippen molar-refractivity contribution in [1.29, 1.82) is 0 Å². The summed E-state index contributed by atoms with van der Waals surface area (Å²) in [7, 11) is 0. The fourth-order valence-corrected chi connectivity index (χ4v) is 3.81. The molecule has 0 heterocycles. The van der Waals surface area contributed by atoms with Crippen LogP contribution in [-0.2, 0) is 14.3 Å². The molecule has 1 aromatic carbocycles. The number of ether oxygens (including phenoxy) is 1. The van der Waals surface area contributed by atoms with Crippen LogP contribution < -0.4 is 5.32 Å². The number of fused-ring (bicyclic) bond motifs is 2. The van der Waals surface area contributed by atoms with Gasteiger partial charge in [0, 0.05) is 0 Å². The standard InChI is InChI=1S/C17H16Cl3NO3/c1-8(24-17(23)11-5-9-2-3-10(11)4-9)16(22)21-15-7-13(19)12(18)6-14(15)20/h2-3,6-11H,4-5H2,1H3,(H,21,22). The molecule has 1 fully saturated rings. The summed E-state index contributed by atoms with van der Waals surface area (Å²) >= 11 is 17.8. The van der Waals surface area contributed by atoms with Crippen LogP contribution in [0, 0.1) is 17.8 Å². The fraction of sp³-hybridized carbons (Fsp3) is 0.412. The van der Waals surface area contributed by atoms with Crippen LogP contribution in [0.1, 0.15) is 19.8 Å². The first-order valence-electron chi connectivity index (χ1n) is 7.69. The van der Waals surface area contributed by atoms with Gasteiger partial charge in [-0.1, -0.05) is 47.0 Å². The second-order valence-electron chi connectivity index (χ2n) is 6.20. The molecule has 2 bridgehead atoms. The minimum absolute atomic E-state index is 0.149. The van der Waals surface area contributed by atoms with Gasteiger partial charge in [-0.05, 0) is 43.7 Å². The highest BCUT2D eigenvalue weighted by atomic mass is 35.5. The van der Waals surface area contributed by atoms with Crippen molar-refractivity contribution >= 4 is 52.4 Å². The van der Waals surface area contributed by atoms with Crippen molar-refractivity contribution in [2.75, 3.05) is 5.32 Å². The van der Waals surface area contributed by atoms with E-state index in [1.54, 1.807) is 0 Å². The van der Waals surface area contributed by atoms with Gasteiger partial charge in [-0.3, -0.25) is 9.59 Å². The topological polar surface area (TPSA) is 55.4 Å². The number of amides is 1. The maximum absolute atomic E-state index is 12.3. The zero-order valence-electron chi connectivity index (χ0n) is 12.9. The quantitative estimate of drug-likeness (QED) is 0.461. The minimum Gasteiger partial charge on any atom is -0.452 e. The first-order valence-corrected chi connectivity index (χ1v) is 8.82. The second-order valence-corrected chi connectivity index (χ2v) is 7.42. The van der Waals surface area contributed by atoms with E-state index in [4.69, 9.17) is 39.5 Å². The zero-order valence-corrected chi connectivity index (χ0v) is 15.2. The molecule has 7 heteroatoms. The Morgan fingerprint density at radius 2 is 1.83 bits per heavy atom. The number of hydrogen-bond acceptors (Lipinski definition) is 3. The first kappa shape index (κ1) is 17.6. The molecule has 1 saturated carbocycles. The maximum atomic E-state index is 12.3. The van der Waals surface area contributed by atoms with E-state index in [9.17, 15) is 9.59 Å². The zero-order chi connectivity index (χ0) is 17.4. The van der Waals surface area contributed by atoms with Gasteiger partial charge in [-0.2, -0.15) is 0 Å². The lowest BCUT2D eigenvalue weighted by Gasteiger charge is -2.20. The molecule has 128 valence electrons. The molecule has 4 atom stereocenters. The van der Waals surface area contributed by atoms with E-state index in [2.05, 4.69) is 17.5 Å². The molecule has 0 aromatic heterocycles. The van der Waals surface area contributed by atoms with E-state index < -0.39 is 12.0 Å². The first-order chi connectivity index (χ1) is 11.3. The third-order valence-electron chi connectivity index (χ3n) is 4.51. The van der Waals surface area contributed by atoms with Gasteiger partial charge < -0.3 is 10.1 Å². The number of benzene rings is 1. The molecule has 0 spiro atoms. The molecular formula is C17H16Cl3NO3. The Labute approximate surface area is 155 Å². The summed E-state index contributed by atoms with van der Waals surface area (Å²) in [5.41, 5.74) is 0.321. The molecule has 0 saturated heterocycles. The molecule has 0 radical (unpaired) electrons. The van der Waals surface area contributed by atoms with Crippen LogP contribution in [0.15, 0.2) is 24.3 Å². The van der Waals surface area contributed by atoms with Gasteiger partial charge in [0.2, 0.25) is 0 Å². The molecule has 1 aromatic rings. The van der Waals surface area contributed by atoms with Gasteiger partial charge in [0.25, 0.3) is 5.91 Å². The van der Waals surface area contributed by atoms with Crippen molar-refractivity contribution in [1.82, 2.24) is 0 Å². The van der Waals surface area contributed by atoms with Gasteiger partial charge in [0.15, 0.2) is 6.10 Å². The lowest BCUT2D eigenvalue weighted by Crippen LogP contribution is -2.33. The minimum atomic E-state index is -0.925. The predicted molar refractivity (Wildman–Crippen MR) is 94.5 cm³/mol. The Morgan fingerprint density at radius 1 is 1.12 bits per heavy atom. The highest BCUT2D eigenvalue weighted by molar-refractivity contribution is 6.44. The van der Waals surface area contributed by atoms with Crippen molar-refractivity contribution in [3.05, 3.63) is 39.4 Å². The summed E-state index contributed by atoms with van der Waals surface area (Å²) in [4.78, 5) is 24.5. The Kier molecular flexibility index (Phi) is 5.09. The van der Waals surface area contributed by atoms with Gasteiger partial charge >= 0.3 is 5.97 Å². The summed E-state index contributed by atoms with van der Waals surface area (Å²) in [5.74, 6) is -0.241. The van der Waals surface area contributed by atoms with Crippen molar-refractivity contribution in [3.8, 4) is 0 Å². The smallest absolute Gasteiger partial charge is 0.310 e. The van der Waals surface area contributed by atoms with Crippen molar-refractivity contribution in [2.24, 2.45) is 17.8 Å². The summed E-state index contributed by atoms with van der Waals surface area (Å²) in [5, 5.41) is 3.43. The summed E-state index contributed by atoms with van der Waals surface area (Å²) in [6.45, 7) is 1.53. The third-order valence-corrected chi connectivity index (χ3v) is 5.55. The Bertz CT molecular complexity index is 719. The molecule has 24 heavy (non-hydrogen) atoms. The van der Waals surface area contributed by atoms with Gasteiger partial charge in [-0.15, -0.1) is 0 Å². The second kappa shape index (κ2) is 6.95. The van der Waals surface area contributed by atoms with E-state index in [-0.39, 0.29) is 27.9 Å². The Morgan fingerprint density at radius 3 is 2.46 bits per heavy atom. The summed E-state index contributed by atoms with van der Waals surface area (Å²) in [6, 6.07) is 2.90. The number of anilines is 1. The largest absolute Gasteiger partial charge is 0.452 e. The van der Waals surface area contributed by atoms with Crippen molar-refractivity contribution in [3.63, 3.8) is 0 Å². The molecule has 0 aliphatic heterocycles. The number of hydrogen-bond donors (Lipinski definition) is 1. The Hall–Kier alpha value is -1.23. The highest BCUT2D eigenvalue weighted by Gasteiger charge is 2.41. The van der Waals surface area contributed by atoms with Crippen LogP contribution >= 0.6 is 34.8 Å². The maximum Gasteiger partial charge on any atom is 0.310 e. The molecule has 2 aliphatic rings. The van der Waals surface area contributed by atoms with Gasteiger partial charge in [-0.25, -0.2) is 0 Å². The van der Waals surface area contributed by atoms with Crippen molar-refractivity contribution < 1.29 is 14.3 Å². The SMILES string of the molecule is CC(OC(=O)C1CC2C=CC1C2)C(=O)Nc1cc(Cl)c(Cl)cc1Cl. The van der Waals surface area contributed by atoms with Crippen LogP contribution in [0.2, 0.25) is 15.1 Å². The van der Waals surface area contributed by atoms with Crippen LogP contribution in [0.5, 0.6) is 0 Å². The lowest BCUT2D eigenvalue weighted by atomic mass is 9.94. The fourth-order valence-electron chi connectivity index (χ4n) is 3.22. The number of carbonyl (C=O) groups excluding carboxylic acids is 2. The lowest BCUT2D eigenvalue weighted by molar-refractivity contribution is -0.158. The number of esters is 1. The normalized spacial score (nSPS) is 25.6. The number of rotatable bonds is 4. The highest BCUT2D eigenvalue weighted by Crippen LogP contribution is 2.44. The molecule has 1 amide bonds. The monoisotopic (exact) mass is 387 g/mol. The molecule has 3 rings (SSSR count). The molecular weight excluding hydrogens is 373 g/mol. The van der Waals surface area contributed by atoms with Gasteiger partial charge in [0.05, 0.1) is 26.7 Å². The average molecular weight is 389 g/mol. The summed E-state index contributed by atoms with van der Waals surface area (Å²) < 4.78 is 5.33. The van der Waals surface area contributed by atoms with Crippen LogP contribution in [0.3, 0.4) is 0 Å². The number of allylic oxidation sites excluding steroid dienone is 2. The predicted octanol–water partition coefficient (Wildman–Crippen LogP) is 4.73.